The Morgan fingerprint density at radius 2 is 2.11 bits per heavy atom. The molecule has 2 aromatic rings. The lowest BCUT2D eigenvalue weighted by Gasteiger charge is -2.11. The minimum Gasteiger partial charge on any atom is -0.496 e. The van der Waals surface area contributed by atoms with E-state index in [0.29, 0.717) is 22.4 Å². The predicted octanol–water partition coefficient (Wildman–Crippen LogP) is 2.22. The smallest absolute Gasteiger partial charge is 0.230 e. The third-order valence-electron chi connectivity index (χ3n) is 2.60. The van der Waals surface area contributed by atoms with Crippen molar-refractivity contribution in [2.75, 3.05) is 20.0 Å². The highest BCUT2D eigenvalue weighted by atomic mass is 19.1. The van der Waals surface area contributed by atoms with Gasteiger partial charge in [0, 0.05) is 12.7 Å². The van der Waals surface area contributed by atoms with Crippen LogP contribution in [0.25, 0.3) is 11.1 Å². The lowest BCUT2D eigenvalue weighted by molar-refractivity contribution is 0.178. The van der Waals surface area contributed by atoms with Gasteiger partial charge in [-0.15, -0.1) is 0 Å². The highest BCUT2D eigenvalue weighted by molar-refractivity contribution is 5.73. The Bertz CT molecular complexity index is 554. The van der Waals surface area contributed by atoms with Crippen molar-refractivity contribution in [3.8, 4) is 16.9 Å². The molecule has 1 heterocycles. The number of halogens is 1. The predicted molar refractivity (Wildman–Crippen MR) is 63.6 cm³/mol. The normalized spacial score (nSPS) is 10.6. The summed E-state index contributed by atoms with van der Waals surface area (Å²) in [5.41, 5.74) is 6.63. The van der Waals surface area contributed by atoms with Gasteiger partial charge < -0.3 is 19.7 Å². The minimum absolute atomic E-state index is 0.0717. The Morgan fingerprint density at radius 1 is 1.33 bits per heavy atom. The average Bonchev–Trinajstić information content (AvgIpc) is 2.78. The highest BCUT2D eigenvalue weighted by Crippen LogP contribution is 2.33. The van der Waals surface area contributed by atoms with Gasteiger partial charge in [-0.05, 0) is 12.1 Å². The number of nitrogen functional groups attached to an aromatic ring is 1. The van der Waals surface area contributed by atoms with E-state index in [-0.39, 0.29) is 12.5 Å². The quantitative estimate of drug-likeness (QED) is 0.903. The summed E-state index contributed by atoms with van der Waals surface area (Å²) in [5, 5.41) is 3.53. The first-order valence-corrected chi connectivity index (χ1v) is 5.23. The van der Waals surface area contributed by atoms with Crippen molar-refractivity contribution in [1.29, 1.82) is 0 Å². The van der Waals surface area contributed by atoms with Crippen molar-refractivity contribution < 1.29 is 18.4 Å². The number of nitrogens with zero attached hydrogens (tertiary/aromatic N) is 1. The molecule has 6 heteroatoms. The van der Waals surface area contributed by atoms with Gasteiger partial charge in [-0.3, -0.25) is 0 Å². The largest absolute Gasteiger partial charge is 0.496 e. The number of benzene rings is 1. The summed E-state index contributed by atoms with van der Waals surface area (Å²) in [6.45, 7) is 0.105. The first-order valence-electron chi connectivity index (χ1n) is 5.23. The Labute approximate surface area is 103 Å². The molecule has 0 unspecified atom stereocenters. The van der Waals surface area contributed by atoms with Crippen LogP contribution in [0.3, 0.4) is 0 Å². The lowest BCUT2D eigenvalue weighted by Crippen LogP contribution is -2.00. The number of anilines is 1. The van der Waals surface area contributed by atoms with Gasteiger partial charge in [0.25, 0.3) is 0 Å². The van der Waals surface area contributed by atoms with Crippen LogP contribution in [-0.2, 0) is 11.3 Å². The van der Waals surface area contributed by atoms with E-state index in [0.717, 1.165) is 0 Å². The van der Waals surface area contributed by atoms with Crippen LogP contribution in [0.1, 0.15) is 5.56 Å². The van der Waals surface area contributed by atoms with Crippen LogP contribution < -0.4 is 10.5 Å². The molecule has 0 spiro atoms. The second kappa shape index (κ2) is 5.05. The average molecular weight is 252 g/mol. The van der Waals surface area contributed by atoms with Crippen LogP contribution in [0.4, 0.5) is 10.3 Å². The molecule has 1 aromatic heterocycles. The molecule has 96 valence electrons. The molecule has 0 saturated heterocycles. The van der Waals surface area contributed by atoms with Crippen molar-refractivity contribution in [2.24, 2.45) is 0 Å². The third kappa shape index (κ3) is 2.02. The lowest BCUT2D eigenvalue weighted by atomic mass is 10.0. The van der Waals surface area contributed by atoms with E-state index in [2.05, 4.69) is 5.16 Å². The molecule has 18 heavy (non-hydrogen) atoms. The molecular weight excluding hydrogens is 239 g/mol. The minimum atomic E-state index is -0.453. The van der Waals surface area contributed by atoms with E-state index in [1.54, 1.807) is 12.1 Å². The van der Waals surface area contributed by atoms with Gasteiger partial charge in [-0.25, -0.2) is 4.39 Å². The highest BCUT2D eigenvalue weighted by Gasteiger charge is 2.18. The van der Waals surface area contributed by atoms with Gasteiger partial charge in [-0.2, -0.15) is 0 Å². The number of hydrogen-bond acceptors (Lipinski definition) is 5. The molecule has 0 amide bonds. The van der Waals surface area contributed by atoms with Crippen LogP contribution >= 0.6 is 0 Å². The van der Waals surface area contributed by atoms with E-state index in [9.17, 15) is 4.39 Å². The third-order valence-corrected chi connectivity index (χ3v) is 2.60. The summed E-state index contributed by atoms with van der Waals surface area (Å²) in [4.78, 5) is 0. The summed E-state index contributed by atoms with van der Waals surface area (Å²) in [7, 11) is 2.96. The molecule has 0 aliphatic heterocycles. The molecule has 0 fully saturated rings. The Kier molecular flexibility index (Phi) is 3.47. The van der Waals surface area contributed by atoms with E-state index < -0.39 is 5.82 Å². The Hall–Kier alpha value is -2.08. The molecule has 0 radical (unpaired) electrons. The molecule has 0 saturated carbocycles. The van der Waals surface area contributed by atoms with Crippen LogP contribution in [0.5, 0.6) is 5.75 Å². The maximum absolute atomic E-state index is 14.4. The second-order valence-corrected chi connectivity index (χ2v) is 3.64. The fourth-order valence-electron chi connectivity index (χ4n) is 1.73. The van der Waals surface area contributed by atoms with Gasteiger partial charge in [0.15, 0.2) is 0 Å². The number of rotatable bonds is 4. The summed E-state index contributed by atoms with van der Waals surface area (Å²) in [5.74, 6) is 0.0432. The number of nitrogens with two attached hydrogens (primary N) is 1. The van der Waals surface area contributed by atoms with Crippen molar-refractivity contribution >= 4 is 5.88 Å². The first-order chi connectivity index (χ1) is 8.69. The van der Waals surface area contributed by atoms with Crippen LogP contribution in [-0.4, -0.2) is 19.4 Å². The zero-order valence-electron chi connectivity index (χ0n) is 10.1. The molecule has 2 rings (SSSR count). The maximum Gasteiger partial charge on any atom is 0.230 e. The van der Waals surface area contributed by atoms with Gasteiger partial charge in [0.05, 0.1) is 31.0 Å². The fourth-order valence-corrected chi connectivity index (χ4v) is 1.73. The number of hydrogen-bond donors (Lipinski definition) is 1. The Balaban J connectivity index is 2.57. The summed E-state index contributed by atoms with van der Waals surface area (Å²) >= 11 is 0. The van der Waals surface area contributed by atoms with Gasteiger partial charge in [0.2, 0.25) is 5.88 Å². The topological polar surface area (TPSA) is 70.5 Å². The summed E-state index contributed by atoms with van der Waals surface area (Å²) < 4.78 is 29.1. The van der Waals surface area contributed by atoms with E-state index >= 15 is 0 Å². The van der Waals surface area contributed by atoms with Crippen LogP contribution in [0, 0.1) is 5.82 Å². The molecule has 0 aliphatic carbocycles. The van der Waals surface area contributed by atoms with Crippen LogP contribution in [0.2, 0.25) is 0 Å². The van der Waals surface area contributed by atoms with Gasteiger partial charge >= 0.3 is 0 Å². The Morgan fingerprint density at radius 3 is 2.67 bits per heavy atom. The molecule has 2 N–H and O–H groups in total. The zero-order chi connectivity index (χ0) is 13.1. The summed E-state index contributed by atoms with van der Waals surface area (Å²) in [6, 6.07) is 3.22. The SMILES string of the molecule is COCc1c(OC)ccc(-c2cnoc2N)c1F. The molecule has 0 aliphatic rings. The summed E-state index contributed by atoms with van der Waals surface area (Å²) in [6.07, 6.45) is 1.37. The number of ether oxygens (including phenoxy) is 2. The van der Waals surface area contributed by atoms with Gasteiger partial charge in [0.1, 0.15) is 11.6 Å². The van der Waals surface area contributed by atoms with Gasteiger partial charge in [-0.1, -0.05) is 5.16 Å². The van der Waals surface area contributed by atoms with E-state index in [1.807, 2.05) is 0 Å². The van der Waals surface area contributed by atoms with E-state index in [4.69, 9.17) is 19.7 Å². The molecule has 5 nitrogen and oxygen atoms in total. The van der Waals surface area contributed by atoms with Crippen LogP contribution in [0.15, 0.2) is 22.9 Å². The monoisotopic (exact) mass is 252 g/mol. The molecule has 0 atom stereocenters. The van der Waals surface area contributed by atoms with Crippen molar-refractivity contribution in [3.63, 3.8) is 0 Å². The second-order valence-electron chi connectivity index (χ2n) is 3.64. The standard InChI is InChI=1S/C12H13FN2O3/c1-16-6-9-10(17-2)4-3-7(11(9)13)8-5-15-18-12(8)14/h3-5H,6,14H2,1-2H3. The van der Waals surface area contributed by atoms with E-state index in [1.165, 1.54) is 20.4 Å². The molecule has 1 aromatic carbocycles. The maximum atomic E-state index is 14.4. The fraction of sp³-hybridized carbons (Fsp3) is 0.250. The van der Waals surface area contributed by atoms with Crippen molar-refractivity contribution in [3.05, 3.63) is 29.7 Å². The van der Waals surface area contributed by atoms with Crippen molar-refractivity contribution in [2.45, 2.75) is 6.61 Å². The molecule has 0 bridgehead atoms. The zero-order valence-corrected chi connectivity index (χ0v) is 10.1. The number of methoxy groups -OCH3 is 2. The van der Waals surface area contributed by atoms with Crippen molar-refractivity contribution in [1.82, 2.24) is 5.16 Å². The molecular formula is C12H13FN2O3. The number of aromatic nitrogens is 1. The first kappa shape index (κ1) is 12.4.